The Morgan fingerprint density at radius 3 is 2.91 bits per heavy atom. The Balaban J connectivity index is 1.81. The largest absolute Gasteiger partial charge is 0.361 e. The van der Waals surface area contributed by atoms with Crippen molar-refractivity contribution in [3.05, 3.63) is 64.6 Å². The van der Waals surface area contributed by atoms with E-state index < -0.39 is 0 Å². The number of anilines is 1. The molecule has 2 aromatic carbocycles. The summed E-state index contributed by atoms with van der Waals surface area (Å²) < 4.78 is 13.3. The highest BCUT2D eigenvalue weighted by Crippen LogP contribution is 2.22. The van der Waals surface area contributed by atoms with E-state index in [1.807, 2.05) is 13.0 Å². The van der Waals surface area contributed by atoms with E-state index in [-0.39, 0.29) is 18.1 Å². The van der Waals surface area contributed by atoms with Gasteiger partial charge in [-0.2, -0.15) is 0 Å². The van der Waals surface area contributed by atoms with Crippen molar-refractivity contribution in [3.63, 3.8) is 0 Å². The van der Waals surface area contributed by atoms with Crippen LogP contribution in [0.4, 0.5) is 10.1 Å². The van der Waals surface area contributed by atoms with Gasteiger partial charge < -0.3 is 10.3 Å². The highest BCUT2D eigenvalue weighted by atomic mass is 35.5. The number of aromatic nitrogens is 1. The molecule has 0 saturated carbocycles. The standard InChI is InChI=1S/C17H14ClFN2O/c1-10-2-3-12(18)7-16(10)21-17(22)6-11-9-20-15-5-4-13(19)8-14(11)15/h2-5,7-9,20H,6H2,1H3,(H,21,22). The van der Waals surface area contributed by atoms with E-state index in [0.717, 1.165) is 22.0 Å². The second-order valence-corrected chi connectivity index (χ2v) is 5.62. The average molecular weight is 317 g/mol. The van der Waals surface area contributed by atoms with Gasteiger partial charge in [-0.25, -0.2) is 4.39 Å². The fraction of sp³-hybridized carbons (Fsp3) is 0.118. The van der Waals surface area contributed by atoms with Gasteiger partial charge in [-0.3, -0.25) is 4.79 Å². The summed E-state index contributed by atoms with van der Waals surface area (Å²) in [6, 6.07) is 9.81. The number of H-pyrrole nitrogens is 1. The van der Waals surface area contributed by atoms with Crippen molar-refractivity contribution >= 4 is 34.1 Å². The Kier molecular flexibility index (Phi) is 3.86. The number of aryl methyl sites for hydroxylation is 1. The SMILES string of the molecule is Cc1ccc(Cl)cc1NC(=O)Cc1c[nH]c2ccc(F)cc12. The Bertz CT molecular complexity index is 857. The summed E-state index contributed by atoms with van der Waals surface area (Å²) in [7, 11) is 0. The van der Waals surface area contributed by atoms with Crippen LogP contribution in [0.5, 0.6) is 0 Å². The zero-order valence-electron chi connectivity index (χ0n) is 11.9. The van der Waals surface area contributed by atoms with E-state index >= 15 is 0 Å². The van der Waals surface area contributed by atoms with E-state index in [1.165, 1.54) is 12.1 Å². The van der Waals surface area contributed by atoms with Crippen LogP contribution in [-0.2, 0) is 11.2 Å². The van der Waals surface area contributed by atoms with Gasteiger partial charge in [-0.05, 0) is 48.4 Å². The maximum absolute atomic E-state index is 13.3. The van der Waals surface area contributed by atoms with Gasteiger partial charge in [0.25, 0.3) is 0 Å². The van der Waals surface area contributed by atoms with Crippen molar-refractivity contribution in [3.8, 4) is 0 Å². The molecule has 5 heteroatoms. The summed E-state index contributed by atoms with van der Waals surface area (Å²) >= 11 is 5.94. The van der Waals surface area contributed by atoms with Crippen molar-refractivity contribution in [2.24, 2.45) is 0 Å². The smallest absolute Gasteiger partial charge is 0.228 e. The molecule has 0 aliphatic heterocycles. The summed E-state index contributed by atoms with van der Waals surface area (Å²) in [5, 5.41) is 4.12. The summed E-state index contributed by atoms with van der Waals surface area (Å²) in [5.41, 5.74) is 3.18. The van der Waals surface area contributed by atoms with Crippen molar-refractivity contribution < 1.29 is 9.18 Å². The van der Waals surface area contributed by atoms with E-state index in [9.17, 15) is 9.18 Å². The normalized spacial score (nSPS) is 10.9. The lowest BCUT2D eigenvalue weighted by atomic mass is 10.1. The highest BCUT2D eigenvalue weighted by Gasteiger charge is 2.11. The summed E-state index contributed by atoms with van der Waals surface area (Å²) in [6.45, 7) is 1.90. The molecule has 0 saturated heterocycles. The third-order valence-electron chi connectivity index (χ3n) is 3.55. The van der Waals surface area contributed by atoms with Crippen LogP contribution < -0.4 is 5.32 Å². The third-order valence-corrected chi connectivity index (χ3v) is 3.79. The number of benzene rings is 2. The first-order chi connectivity index (χ1) is 10.5. The number of amides is 1. The molecule has 2 N–H and O–H groups in total. The number of nitrogens with one attached hydrogen (secondary N) is 2. The van der Waals surface area contributed by atoms with Crippen LogP contribution in [0.1, 0.15) is 11.1 Å². The number of rotatable bonds is 3. The number of hydrogen-bond donors (Lipinski definition) is 2. The fourth-order valence-electron chi connectivity index (χ4n) is 2.39. The van der Waals surface area contributed by atoms with Gasteiger partial charge in [-0.1, -0.05) is 17.7 Å². The molecule has 0 bridgehead atoms. The molecule has 3 rings (SSSR count). The molecule has 112 valence electrons. The summed E-state index contributed by atoms with van der Waals surface area (Å²) in [6.07, 6.45) is 1.89. The van der Waals surface area contributed by atoms with Gasteiger partial charge in [-0.15, -0.1) is 0 Å². The van der Waals surface area contributed by atoms with Gasteiger partial charge in [0.15, 0.2) is 0 Å². The van der Waals surface area contributed by atoms with Crippen LogP contribution >= 0.6 is 11.6 Å². The first kappa shape index (κ1) is 14.6. The van der Waals surface area contributed by atoms with Crippen molar-refractivity contribution in [2.45, 2.75) is 13.3 Å². The first-order valence-electron chi connectivity index (χ1n) is 6.84. The van der Waals surface area contributed by atoms with Crippen LogP contribution in [0, 0.1) is 12.7 Å². The minimum Gasteiger partial charge on any atom is -0.361 e. The van der Waals surface area contributed by atoms with E-state index in [1.54, 1.807) is 24.4 Å². The molecule has 3 aromatic rings. The highest BCUT2D eigenvalue weighted by molar-refractivity contribution is 6.31. The number of fused-ring (bicyclic) bond motifs is 1. The average Bonchev–Trinajstić information content (AvgIpc) is 2.85. The van der Waals surface area contributed by atoms with E-state index in [2.05, 4.69) is 10.3 Å². The molecule has 0 unspecified atom stereocenters. The van der Waals surface area contributed by atoms with Gasteiger partial charge >= 0.3 is 0 Å². The minimum atomic E-state index is -0.320. The van der Waals surface area contributed by atoms with Crippen LogP contribution in [0.25, 0.3) is 10.9 Å². The van der Waals surface area contributed by atoms with Crippen LogP contribution in [-0.4, -0.2) is 10.9 Å². The Hall–Kier alpha value is -2.33. The predicted octanol–water partition coefficient (Wildman–Crippen LogP) is 4.45. The van der Waals surface area contributed by atoms with Crippen LogP contribution in [0.2, 0.25) is 5.02 Å². The molecule has 0 aliphatic rings. The zero-order valence-corrected chi connectivity index (χ0v) is 12.7. The maximum Gasteiger partial charge on any atom is 0.228 e. The molecule has 0 fully saturated rings. The molecule has 0 aliphatic carbocycles. The fourth-order valence-corrected chi connectivity index (χ4v) is 2.57. The van der Waals surface area contributed by atoms with Crippen LogP contribution in [0.3, 0.4) is 0 Å². The number of halogens is 2. The third kappa shape index (κ3) is 2.97. The molecular formula is C17H14ClFN2O. The van der Waals surface area contributed by atoms with E-state index in [4.69, 9.17) is 11.6 Å². The maximum atomic E-state index is 13.3. The van der Waals surface area contributed by atoms with Crippen LogP contribution in [0.15, 0.2) is 42.6 Å². The molecule has 1 heterocycles. The topological polar surface area (TPSA) is 44.9 Å². The minimum absolute atomic E-state index is 0.162. The molecule has 1 amide bonds. The van der Waals surface area contributed by atoms with Crippen molar-refractivity contribution in [1.82, 2.24) is 4.98 Å². The predicted molar refractivity (Wildman–Crippen MR) is 86.8 cm³/mol. The van der Waals surface area contributed by atoms with Gasteiger partial charge in [0.1, 0.15) is 5.82 Å². The summed E-state index contributed by atoms with van der Waals surface area (Å²) in [4.78, 5) is 15.2. The number of carbonyl (C=O) groups is 1. The molecule has 1 aromatic heterocycles. The number of hydrogen-bond acceptors (Lipinski definition) is 1. The Labute approximate surface area is 132 Å². The first-order valence-corrected chi connectivity index (χ1v) is 7.22. The molecule has 0 atom stereocenters. The number of carbonyl (C=O) groups excluding carboxylic acids is 1. The monoisotopic (exact) mass is 316 g/mol. The van der Waals surface area contributed by atoms with Gasteiger partial charge in [0.05, 0.1) is 6.42 Å². The molecular weight excluding hydrogens is 303 g/mol. The Morgan fingerprint density at radius 2 is 2.09 bits per heavy atom. The lowest BCUT2D eigenvalue weighted by Gasteiger charge is -2.08. The molecule has 0 spiro atoms. The van der Waals surface area contributed by atoms with Gasteiger partial charge in [0.2, 0.25) is 5.91 Å². The second kappa shape index (κ2) is 5.81. The Morgan fingerprint density at radius 1 is 1.27 bits per heavy atom. The quantitative estimate of drug-likeness (QED) is 0.736. The molecule has 22 heavy (non-hydrogen) atoms. The second-order valence-electron chi connectivity index (χ2n) is 5.19. The lowest BCUT2D eigenvalue weighted by molar-refractivity contribution is -0.115. The zero-order chi connectivity index (χ0) is 15.7. The lowest BCUT2D eigenvalue weighted by Crippen LogP contribution is -2.15. The van der Waals surface area contributed by atoms with Gasteiger partial charge in [0, 0.05) is 27.8 Å². The molecule has 3 nitrogen and oxygen atoms in total. The van der Waals surface area contributed by atoms with E-state index in [0.29, 0.717) is 10.7 Å². The molecule has 0 radical (unpaired) electrons. The van der Waals surface area contributed by atoms with Crippen molar-refractivity contribution in [1.29, 1.82) is 0 Å². The number of aromatic amines is 1. The van der Waals surface area contributed by atoms with Crippen molar-refractivity contribution in [2.75, 3.05) is 5.32 Å². The summed E-state index contributed by atoms with van der Waals surface area (Å²) in [5.74, 6) is -0.491.